The lowest BCUT2D eigenvalue weighted by Gasteiger charge is -2.30. The highest BCUT2D eigenvalue weighted by Gasteiger charge is 2.29. The zero-order valence-corrected chi connectivity index (χ0v) is 11.0. The van der Waals surface area contributed by atoms with Crippen molar-refractivity contribution >= 4 is 5.91 Å². The van der Waals surface area contributed by atoms with Crippen LogP contribution < -0.4 is 5.73 Å². The number of hydrogen-bond acceptors (Lipinski definition) is 3. The molecule has 2 N–H and O–H groups in total. The summed E-state index contributed by atoms with van der Waals surface area (Å²) in [6.45, 7) is 6.46. The fraction of sp³-hybridized carbons (Fsp3) is 0.538. The summed E-state index contributed by atoms with van der Waals surface area (Å²) in [6, 6.07) is 3.31. The predicted molar refractivity (Wildman–Crippen MR) is 68.1 cm³/mol. The Balaban J connectivity index is 2.65. The third kappa shape index (κ3) is 3.82. The fourth-order valence-electron chi connectivity index (χ4n) is 1.45. The van der Waals surface area contributed by atoms with Gasteiger partial charge in [0, 0.05) is 26.0 Å². The molecule has 1 atom stereocenters. The second kappa shape index (κ2) is 5.27. The number of nitrogens with zero attached hydrogens (tertiary/aromatic N) is 2. The van der Waals surface area contributed by atoms with Crippen LogP contribution in [0.1, 0.15) is 26.3 Å². The lowest BCUT2D eigenvalue weighted by molar-refractivity contribution is -0.134. The molecule has 0 spiro atoms. The Bertz CT molecular complexity index is 370. The molecule has 0 unspecified atom stereocenters. The molecule has 0 radical (unpaired) electrons. The molecule has 0 fully saturated rings. The lowest BCUT2D eigenvalue weighted by Crippen LogP contribution is -2.48. The summed E-state index contributed by atoms with van der Waals surface area (Å²) < 4.78 is 0. The first kappa shape index (κ1) is 13.6. The van der Waals surface area contributed by atoms with E-state index in [2.05, 4.69) is 4.98 Å². The quantitative estimate of drug-likeness (QED) is 0.861. The average Bonchev–Trinajstić information content (AvgIpc) is 2.27. The highest BCUT2D eigenvalue weighted by molar-refractivity contribution is 5.82. The van der Waals surface area contributed by atoms with Crippen molar-refractivity contribution in [3.63, 3.8) is 0 Å². The van der Waals surface area contributed by atoms with Crippen molar-refractivity contribution in [2.75, 3.05) is 7.05 Å². The molecule has 1 aromatic rings. The topological polar surface area (TPSA) is 59.2 Å². The van der Waals surface area contributed by atoms with Gasteiger partial charge in [-0.3, -0.25) is 9.78 Å². The van der Waals surface area contributed by atoms with E-state index < -0.39 is 6.04 Å². The minimum absolute atomic E-state index is 0.0330. The minimum Gasteiger partial charge on any atom is -0.340 e. The Morgan fingerprint density at radius 3 is 2.41 bits per heavy atom. The molecule has 0 saturated heterocycles. The van der Waals surface area contributed by atoms with Crippen LogP contribution in [-0.4, -0.2) is 28.9 Å². The van der Waals surface area contributed by atoms with Crippen LogP contribution in [0.5, 0.6) is 0 Å². The van der Waals surface area contributed by atoms with Crippen LogP contribution in [-0.2, 0) is 11.3 Å². The smallest absolute Gasteiger partial charge is 0.240 e. The largest absolute Gasteiger partial charge is 0.340 e. The van der Waals surface area contributed by atoms with Gasteiger partial charge < -0.3 is 10.6 Å². The van der Waals surface area contributed by atoms with Gasteiger partial charge in [-0.25, -0.2) is 0 Å². The minimum atomic E-state index is -0.477. The Labute approximate surface area is 103 Å². The highest BCUT2D eigenvalue weighted by atomic mass is 16.2. The molecule has 1 rings (SSSR count). The molecule has 0 saturated carbocycles. The first-order chi connectivity index (χ1) is 7.82. The molecule has 1 amide bonds. The molecule has 4 nitrogen and oxygen atoms in total. The van der Waals surface area contributed by atoms with E-state index in [1.165, 1.54) is 0 Å². The SMILES string of the molecule is CN(Cc1ccncc1)C(=O)[C@H](N)C(C)(C)C. The zero-order chi connectivity index (χ0) is 13.1. The number of pyridine rings is 1. The van der Waals surface area contributed by atoms with Crippen LogP contribution in [0, 0.1) is 5.41 Å². The van der Waals surface area contributed by atoms with Crippen LogP contribution in [0.2, 0.25) is 0 Å². The average molecular weight is 235 g/mol. The van der Waals surface area contributed by atoms with Crippen molar-refractivity contribution in [2.45, 2.75) is 33.4 Å². The molecule has 1 heterocycles. The molecule has 94 valence electrons. The number of nitrogens with two attached hydrogens (primary N) is 1. The van der Waals surface area contributed by atoms with Gasteiger partial charge in [0.1, 0.15) is 0 Å². The number of carbonyl (C=O) groups is 1. The van der Waals surface area contributed by atoms with E-state index in [9.17, 15) is 4.79 Å². The third-order valence-corrected chi connectivity index (χ3v) is 2.74. The molecular formula is C13H21N3O. The standard InChI is InChI=1S/C13H21N3O/c1-13(2,3)11(14)12(17)16(4)9-10-5-7-15-8-6-10/h5-8,11H,9,14H2,1-4H3/t11-/m0/s1. The first-order valence-corrected chi connectivity index (χ1v) is 5.72. The Kier molecular flexibility index (Phi) is 4.23. The molecule has 0 aromatic carbocycles. The Morgan fingerprint density at radius 2 is 1.94 bits per heavy atom. The normalized spacial score (nSPS) is 13.2. The van der Waals surface area contributed by atoms with Crippen LogP contribution in [0.4, 0.5) is 0 Å². The molecule has 4 heteroatoms. The van der Waals surface area contributed by atoms with Crippen molar-refractivity contribution < 1.29 is 4.79 Å². The monoisotopic (exact) mass is 235 g/mol. The van der Waals surface area contributed by atoms with E-state index in [0.29, 0.717) is 6.54 Å². The van der Waals surface area contributed by atoms with Gasteiger partial charge in [0.05, 0.1) is 6.04 Å². The highest BCUT2D eigenvalue weighted by Crippen LogP contribution is 2.19. The van der Waals surface area contributed by atoms with Crippen molar-refractivity contribution in [3.05, 3.63) is 30.1 Å². The third-order valence-electron chi connectivity index (χ3n) is 2.74. The molecule has 1 aromatic heterocycles. The molecular weight excluding hydrogens is 214 g/mol. The van der Waals surface area contributed by atoms with E-state index in [4.69, 9.17) is 5.73 Å². The second-order valence-electron chi connectivity index (χ2n) is 5.39. The van der Waals surface area contributed by atoms with Crippen LogP contribution >= 0.6 is 0 Å². The second-order valence-corrected chi connectivity index (χ2v) is 5.39. The van der Waals surface area contributed by atoms with Crippen LogP contribution in [0.25, 0.3) is 0 Å². The summed E-state index contributed by atoms with van der Waals surface area (Å²) in [6.07, 6.45) is 3.44. The van der Waals surface area contributed by atoms with E-state index >= 15 is 0 Å². The van der Waals surface area contributed by atoms with Crippen LogP contribution in [0.3, 0.4) is 0 Å². The van der Waals surface area contributed by atoms with Crippen LogP contribution in [0.15, 0.2) is 24.5 Å². The molecule has 0 bridgehead atoms. The van der Waals surface area contributed by atoms with Gasteiger partial charge in [0.2, 0.25) is 5.91 Å². The molecule has 17 heavy (non-hydrogen) atoms. The predicted octanol–water partition coefficient (Wildman–Crippen LogP) is 1.41. The van der Waals surface area contributed by atoms with Gasteiger partial charge in [0.25, 0.3) is 0 Å². The van der Waals surface area contributed by atoms with Gasteiger partial charge in [-0.15, -0.1) is 0 Å². The first-order valence-electron chi connectivity index (χ1n) is 5.72. The number of carbonyl (C=O) groups excluding carboxylic acids is 1. The zero-order valence-electron chi connectivity index (χ0n) is 11.0. The summed E-state index contributed by atoms with van der Waals surface area (Å²) in [5.74, 6) is -0.0330. The van der Waals surface area contributed by atoms with Gasteiger partial charge in [-0.05, 0) is 23.1 Å². The van der Waals surface area contributed by atoms with Crippen molar-refractivity contribution in [1.82, 2.24) is 9.88 Å². The summed E-state index contributed by atoms with van der Waals surface area (Å²) in [5, 5.41) is 0. The number of hydrogen-bond donors (Lipinski definition) is 1. The van der Waals surface area contributed by atoms with Crippen molar-refractivity contribution in [1.29, 1.82) is 0 Å². The van der Waals surface area contributed by atoms with E-state index in [-0.39, 0.29) is 11.3 Å². The molecule has 0 aliphatic carbocycles. The fourth-order valence-corrected chi connectivity index (χ4v) is 1.45. The van der Waals surface area contributed by atoms with E-state index in [0.717, 1.165) is 5.56 Å². The Morgan fingerprint density at radius 1 is 1.41 bits per heavy atom. The molecule has 0 aliphatic heterocycles. The molecule has 0 aliphatic rings. The lowest BCUT2D eigenvalue weighted by atomic mass is 9.86. The maximum atomic E-state index is 12.1. The number of aromatic nitrogens is 1. The maximum Gasteiger partial charge on any atom is 0.240 e. The van der Waals surface area contributed by atoms with E-state index in [1.807, 2.05) is 32.9 Å². The number of amides is 1. The van der Waals surface area contributed by atoms with Gasteiger partial charge in [-0.1, -0.05) is 20.8 Å². The van der Waals surface area contributed by atoms with Crippen molar-refractivity contribution in [3.8, 4) is 0 Å². The summed E-state index contributed by atoms with van der Waals surface area (Å²) >= 11 is 0. The number of likely N-dealkylation sites (N-methyl/N-ethyl adjacent to an activating group) is 1. The van der Waals surface area contributed by atoms with E-state index in [1.54, 1.807) is 24.3 Å². The van der Waals surface area contributed by atoms with Crippen molar-refractivity contribution in [2.24, 2.45) is 11.1 Å². The maximum absolute atomic E-state index is 12.1. The van der Waals surface area contributed by atoms with Gasteiger partial charge >= 0.3 is 0 Å². The summed E-state index contributed by atoms with van der Waals surface area (Å²) in [4.78, 5) is 17.7. The number of rotatable bonds is 3. The van der Waals surface area contributed by atoms with Gasteiger partial charge in [0.15, 0.2) is 0 Å². The summed E-state index contributed by atoms with van der Waals surface area (Å²) in [7, 11) is 1.77. The Hall–Kier alpha value is -1.42. The van der Waals surface area contributed by atoms with Gasteiger partial charge in [-0.2, -0.15) is 0 Å². The summed E-state index contributed by atoms with van der Waals surface area (Å²) in [5.41, 5.74) is 6.78.